The molecule has 0 aliphatic heterocycles. The molecule has 0 saturated carbocycles. The quantitative estimate of drug-likeness (QED) is 0.552. The van der Waals surface area contributed by atoms with Crippen molar-refractivity contribution < 1.29 is 0 Å². The van der Waals surface area contributed by atoms with E-state index in [0.717, 1.165) is 17.3 Å². The van der Waals surface area contributed by atoms with E-state index in [0.29, 0.717) is 5.41 Å². The van der Waals surface area contributed by atoms with Gasteiger partial charge >= 0.3 is 0 Å². The van der Waals surface area contributed by atoms with Crippen LogP contribution in [0.15, 0.2) is 0 Å². The maximum atomic E-state index is 4.25. The molecule has 0 spiro atoms. The molecule has 0 amide bonds. The summed E-state index contributed by atoms with van der Waals surface area (Å²) in [7, 11) is 0. The molecule has 68 valence electrons. The summed E-state index contributed by atoms with van der Waals surface area (Å²) in [6.45, 7) is 2.30. The van der Waals surface area contributed by atoms with Gasteiger partial charge in [-0.15, -0.1) is 0 Å². The first kappa shape index (κ1) is 12.0. The van der Waals surface area contributed by atoms with E-state index in [1.165, 1.54) is 19.3 Å². The van der Waals surface area contributed by atoms with Crippen molar-refractivity contribution in [2.45, 2.75) is 26.2 Å². The molecule has 0 saturated heterocycles. The lowest BCUT2D eigenvalue weighted by molar-refractivity contribution is 0.295. The van der Waals surface area contributed by atoms with Crippen LogP contribution in [0.4, 0.5) is 0 Å². The van der Waals surface area contributed by atoms with Gasteiger partial charge in [0.2, 0.25) is 0 Å². The second-order valence-corrected chi connectivity index (χ2v) is 4.57. The Hall–Kier alpha value is 1.05. The average molecular weight is 210 g/mol. The van der Waals surface area contributed by atoms with Gasteiger partial charge in [0.1, 0.15) is 0 Å². The molecule has 0 aromatic rings. The largest absolute Gasteiger partial charge is 0.179 e. The molecule has 0 aliphatic carbocycles. The fraction of sp³-hybridized carbons (Fsp3) is 1.00. The Bertz CT molecular complexity index is 76.3. The normalized spacial score (nSPS) is 12.0. The second-order valence-electron chi connectivity index (χ2n) is 3.23. The van der Waals surface area contributed by atoms with Crippen LogP contribution < -0.4 is 0 Å². The highest BCUT2D eigenvalue weighted by molar-refractivity contribution is 7.80. The molecule has 0 nitrogen and oxygen atoms in total. The Morgan fingerprint density at radius 1 is 0.818 bits per heavy atom. The van der Waals surface area contributed by atoms with Crippen LogP contribution in [0.1, 0.15) is 26.2 Å². The minimum Gasteiger partial charge on any atom is -0.179 e. The zero-order chi connectivity index (χ0) is 8.74. The smallest absolute Gasteiger partial charge is 0.00927 e. The first-order valence-electron chi connectivity index (χ1n) is 4.01. The molecular formula is C8H18S3. The molecular weight excluding hydrogens is 192 g/mol. The lowest BCUT2D eigenvalue weighted by Gasteiger charge is -2.27. The highest BCUT2D eigenvalue weighted by Gasteiger charge is 2.20. The van der Waals surface area contributed by atoms with E-state index < -0.39 is 0 Å². The molecule has 0 bridgehead atoms. The number of thiol groups is 3. The van der Waals surface area contributed by atoms with Crippen molar-refractivity contribution in [3.05, 3.63) is 0 Å². The van der Waals surface area contributed by atoms with E-state index >= 15 is 0 Å². The van der Waals surface area contributed by atoms with E-state index in [1.54, 1.807) is 0 Å². The number of rotatable bonds is 6. The van der Waals surface area contributed by atoms with Crippen LogP contribution >= 0.6 is 37.9 Å². The predicted molar refractivity (Wildman–Crippen MR) is 63.5 cm³/mol. The van der Waals surface area contributed by atoms with Gasteiger partial charge in [-0.05, 0) is 41.9 Å². The Balaban J connectivity index is 3.79. The minimum absolute atomic E-state index is 0.422. The van der Waals surface area contributed by atoms with Gasteiger partial charge in [0.25, 0.3) is 0 Å². The van der Waals surface area contributed by atoms with Crippen LogP contribution in [-0.2, 0) is 0 Å². The summed E-state index contributed by atoms with van der Waals surface area (Å²) in [5.74, 6) is 2.91. The van der Waals surface area contributed by atoms with Gasteiger partial charge in [-0.3, -0.25) is 0 Å². The summed E-state index contributed by atoms with van der Waals surface area (Å²) in [6.07, 6.45) is 3.53. The van der Waals surface area contributed by atoms with Gasteiger partial charge in [0, 0.05) is 0 Å². The van der Waals surface area contributed by atoms with Crippen LogP contribution in [0.5, 0.6) is 0 Å². The first-order chi connectivity index (χ1) is 5.18. The Morgan fingerprint density at radius 2 is 1.09 bits per heavy atom. The van der Waals surface area contributed by atoms with Crippen molar-refractivity contribution in [3.8, 4) is 0 Å². The molecule has 0 N–H and O–H groups in total. The third-order valence-electron chi connectivity index (χ3n) is 2.15. The molecule has 3 heteroatoms. The highest BCUT2D eigenvalue weighted by atomic mass is 32.1. The van der Waals surface area contributed by atoms with Crippen molar-refractivity contribution >= 4 is 37.9 Å². The number of hydrogen-bond donors (Lipinski definition) is 3. The minimum atomic E-state index is 0.422. The van der Waals surface area contributed by atoms with E-state index in [1.807, 2.05) is 0 Å². The summed E-state index contributed by atoms with van der Waals surface area (Å²) in [6, 6.07) is 0. The lowest BCUT2D eigenvalue weighted by atomic mass is 9.82. The van der Waals surface area contributed by atoms with E-state index in [-0.39, 0.29) is 0 Å². The van der Waals surface area contributed by atoms with Crippen LogP contribution in [0.25, 0.3) is 0 Å². The van der Waals surface area contributed by atoms with Crippen molar-refractivity contribution in [3.63, 3.8) is 0 Å². The predicted octanol–water partition coefficient (Wildman–Crippen LogP) is 2.95. The van der Waals surface area contributed by atoms with Crippen LogP contribution in [-0.4, -0.2) is 17.3 Å². The van der Waals surface area contributed by atoms with Gasteiger partial charge < -0.3 is 0 Å². The third kappa shape index (κ3) is 5.31. The van der Waals surface area contributed by atoms with Gasteiger partial charge in [-0.1, -0.05) is 6.92 Å². The van der Waals surface area contributed by atoms with Gasteiger partial charge in [0.05, 0.1) is 0 Å². The molecule has 0 aliphatic rings. The lowest BCUT2D eigenvalue weighted by Crippen LogP contribution is -2.18. The van der Waals surface area contributed by atoms with Crippen LogP contribution in [0.3, 0.4) is 0 Å². The summed E-state index contributed by atoms with van der Waals surface area (Å²) in [5, 5.41) is 0. The highest BCUT2D eigenvalue weighted by Crippen LogP contribution is 2.31. The fourth-order valence-electron chi connectivity index (χ4n) is 1.18. The summed E-state index contributed by atoms with van der Waals surface area (Å²) in [5.41, 5.74) is 0.422. The van der Waals surface area contributed by atoms with E-state index in [2.05, 4.69) is 44.8 Å². The zero-order valence-electron chi connectivity index (χ0n) is 7.08. The molecule has 0 radical (unpaired) electrons. The Labute approximate surface area is 86.8 Å². The summed E-state index contributed by atoms with van der Waals surface area (Å²) >= 11 is 12.7. The molecule has 0 unspecified atom stereocenters. The fourth-order valence-corrected chi connectivity index (χ4v) is 2.80. The maximum Gasteiger partial charge on any atom is -0.00927 e. The number of hydrogen-bond acceptors (Lipinski definition) is 3. The standard InChI is InChI=1S/C8H18S3/c1-8(2-5-9,3-6-10)4-7-11/h9-11H,2-7H2,1H3. The van der Waals surface area contributed by atoms with Crippen molar-refractivity contribution in [2.24, 2.45) is 5.41 Å². The average Bonchev–Trinajstić information content (AvgIpc) is 1.88. The molecule has 11 heavy (non-hydrogen) atoms. The summed E-state index contributed by atoms with van der Waals surface area (Å²) in [4.78, 5) is 0. The van der Waals surface area contributed by atoms with E-state index in [4.69, 9.17) is 0 Å². The van der Waals surface area contributed by atoms with Crippen LogP contribution in [0.2, 0.25) is 0 Å². The van der Waals surface area contributed by atoms with Crippen molar-refractivity contribution in [1.29, 1.82) is 0 Å². The molecule has 0 aromatic heterocycles. The summed E-state index contributed by atoms with van der Waals surface area (Å²) < 4.78 is 0. The van der Waals surface area contributed by atoms with Gasteiger partial charge in [-0.2, -0.15) is 37.9 Å². The third-order valence-corrected chi connectivity index (χ3v) is 2.82. The monoisotopic (exact) mass is 210 g/mol. The molecule has 0 aromatic carbocycles. The topological polar surface area (TPSA) is 0 Å². The van der Waals surface area contributed by atoms with E-state index in [9.17, 15) is 0 Å². The molecule has 0 heterocycles. The van der Waals surface area contributed by atoms with Crippen LogP contribution in [0, 0.1) is 5.41 Å². The maximum absolute atomic E-state index is 4.25. The van der Waals surface area contributed by atoms with Crippen molar-refractivity contribution in [2.75, 3.05) is 17.3 Å². The van der Waals surface area contributed by atoms with Gasteiger partial charge in [-0.25, -0.2) is 0 Å². The molecule has 0 atom stereocenters. The van der Waals surface area contributed by atoms with Gasteiger partial charge in [0.15, 0.2) is 0 Å². The zero-order valence-corrected chi connectivity index (χ0v) is 9.77. The van der Waals surface area contributed by atoms with Crippen molar-refractivity contribution in [1.82, 2.24) is 0 Å². The Kier molecular flexibility index (Phi) is 7.18. The SMILES string of the molecule is CC(CCS)(CCS)CCS. The molecule has 0 rings (SSSR count). The Morgan fingerprint density at radius 3 is 1.27 bits per heavy atom. The molecule has 0 fully saturated rings. The first-order valence-corrected chi connectivity index (χ1v) is 5.91. The second kappa shape index (κ2) is 6.55.